The van der Waals surface area contributed by atoms with E-state index in [1.54, 1.807) is 0 Å². The van der Waals surface area contributed by atoms with E-state index >= 15 is 0 Å². The van der Waals surface area contributed by atoms with Crippen LogP contribution in [-0.4, -0.2) is 46.7 Å². The van der Waals surface area contributed by atoms with Crippen molar-refractivity contribution >= 4 is 34.9 Å². The summed E-state index contributed by atoms with van der Waals surface area (Å²) in [6, 6.07) is 0. The number of likely N-dealkylation sites (N-methyl/N-ethyl adjacent to an activating group) is 2. The smallest absolute Gasteiger partial charge is 0.255 e. The first-order valence-corrected chi connectivity index (χ1v) is 5.20. The zero-order chi connectivity index (χ0) is 10.2. The van der Waals surface area contributed by atoms with Crippen LogP contribution in [0.15, 0.2) is 0 Å². The minimum absolute atomic E-state index is 0.162. The molecule has 1 aliphatic heterocycles. The van der Waals surface area contributed by atoms with E-state index in [1.165, 1.54) is 5.84 Å². The fourth-order valence-corrected chi connectivity index (χ4v) is 2.03. The van der Waals surface area contributed by atoms with Gasteiger partial charge in [-0.2, -0.15) is 0 Å². The summed E-state index contributed by atoms with van der Waals surface area (Å²) in [4.78, 5) is 2.23. The summed E-state index contributed by atoms with van der Waals surface area (Å²) in [6.07, 6.45) is 0. The van der Waals surface area contributed by atoms with Crippen LogP contribution in [0.2, 0.25) is 0 Å². The third-order valence-electron chi connectivity index (χ3n) is 2.56. The van der Waals surface area contributed by atoms with Gasteiger partial charge in [0.1, 0.15) is 13.1 Å². The molecule has 0 unspecified atom stereocenters. The normalized spacial score (nSPS) is 18.3. The molecule has 1 rings (SSSR count). The zero-order valence-electron chi connectivity index (χ0n) is 8.63. The molecule has 0 saturated heterocycles. The van der Waals surface area contributed by atoms with E-state index in [1.807, 2.05) is 0 Å². The van der Waals surface area contributed by atoms with Gasteiger partial charge in [0.05, 0.1) is 19.5 Å². The second-order valence-corrected chi connectivity index (χ2v) is 5.15. The van der Waals surface area contributed by atoms with Crippen LogP contribution in [0.1, 0.15) is 13.8 Å². The molecule has 1 aliphatic rings. The number of thiocarbonyl (C=S) groups is 1. The Kier molecular flexibility index (Phi) is 2.92. The third kappa shape index (κ3) is 1.83. The van der Waals surface area contributed by atoms with Crippen LogP contribution < -0.4 is 0 Å². The molecule has 0 spiro atoms. The topological polar surface area (TPSA) is 6.25 Å². The van der Waals surface area contributed by atoms with Gasteiger partial charge in [0.25, 0.3) is 5.84 Å². The van der Waals surface area contributed by atoms with E-state index in [4.69, 9.17) is 24.8 Å². The maximum atomic E-state index is 5.11. The molecular weight excluding hydrogens is 200 g/mol. The average Bonchev–Trinajstić information content (AvgIpc) is 2.30. The first-order valence-electron chi connectivity index (χ1n) is 4.38. The Balaban J connectivity index is 3.06. The summed E-state index contributed by atoms with van der Waals surface area (Å²) < 4.78 is 2.88. The van der Waals surface area contributed by atoms with E-state index in [0.29, 0.717) is 4.20 Å². The number of rotatable bonds is 2. The Hall–Kier alpha value is -0.220. The predicted octanol–water partition coefficient (Wildman–Crippen LogP) is 0.873. The summed E-state index contributed by atoms with van der Waals surface area (Å²) in [5.74, 6) is 1.24. The Morgan fingerprint density at radius 1 is 1.62 bits per heavy atom. The largest absolute Gasteiger partial charge is 0.432 e. The monoisotopic (exact) mass is 216 g/mol. The highest BCUT2D eigenvalue weighted by atomic mass is 32.1. The Bertz CT molecular complexity index is 269. The summed E-state index contributed by atoms with van der Waals surface area (Å²) >= 11 is 10.2. The van der Waals surface area contributed by atoms with Crippen LogP contribution in [0, 0.1) is 5.41 Å². The van der Waals surface area contributed by atoms with Gasteiger partial charge in [-0.05, 0) is 13.8 Å². The first-order chi connectivity index (χ1) is 5.87. The van der Waals surface area contributed by atoms with Gasteiger partial charge in [-0.1, -0.05) is 0 Å². The first kappa shape index (κ1) is 10.9. The Morgan fingerprint density at radius 2 is 2.15 bits per heavy atom. The number of hydrogen-bond acceptors (Lipinski definition) is 3. The van der Waals surface area contributed by atoms with Gasteiger partial charge in [-0.15, -0.1) is 4.20 Å². The van der Waals surface area contributed by atoms with Gasteiger partial charge in [0.15, 0.2) is 0 Å². The van der Waals surface area contributed by atoms with Gasteiger partial charge in [-0.3, -0.25) is 9.48 Å². The highest BCUT2D eigenvalue weighted by molar-refractivity contribution is 8.00. The van der Waals surface area contributed by atoms with Gasteiger partial charge in [-0.25, -0.2) is 0 Å². The molecule has 13 heavy (non-hydrogen) atoms. The minimum Gasteiger partial charge on any atom is -0.432 e. The quantitative estimate of drug-likeness (QED) is 0.384. The highest BCUT2D eigenvalue weighted by Gasteiger charge is 2.37. The summed E-state index contributed by atoms with van der Waals surface area (Å²) in [5.41, 5.74) is -0.162. The van der Waals surface area contributed by atoms with Gasteiger partial charge in [0.2, 0.25) is 0 Å². The second kappa shape index (κ2) is 3.50. The van der Waals surface area contributed by atoms with E-state index in [2.05, 4.69) is 37.4 Å². The second-order valence-electron chi connectivity index (χ2n) is 4.08. The molecular formula is C9H16N2S2. The van der Waals surface area contributed by atoms with Crippen molar-refractivity contribution in [1.29, 1.82) is 0 Å². The average molecular weight is 216 g/mol. The fourth-order valence-electron chi connectivity index (χ4n) is 1.85. The van der Waals surface area contributed by atoms with E-state index < -0.39 is 0 Å². The lowest BCUT2D eigenvalue weighted by molar-refractivity contribution is -0.489. The SMILES string of the molecule is CN1CC[N+](C)=C1C(C)(C)C(=S)[S-]. The van der Waals surface area contributed by atoms with Crippen molar-refractivity contribution in [1.82, 2.24) is 4.90 Å². The van der Waals surface area contributed by atoms with Gasteiger partial charge < -0.3 is 24.8 Å². The van der Waals surface area contributed by atoms with Crippen molar-refractivity contribution in [2.45, 2.75) is 13.8 Å². The molecule has 0 saturated carbocycles. The summed E-state index contributed by atoms with van der Waals surface area (Å²) in [5, 5.41) is 0. The number of nitrogens with zero attached hydrogens (tertiary/aromatic N) is 2. The molecule has 0 aliphatic carbocycles. The zero-order valence-corrected chi connectivity index (χ0v) is 10.3. The standard InChI is InChI=1S/C9H16N2S2/c1-9(2,8(12)13)7-10(3)5-6-11(7)4/h5-6H2,1-4H3. The molecule has 0 N–H and O–H groups in total. The van der Waals surface area contributed by atoms with E-state index in [9.17, 15) is 0 Å². The lowest BCUT2D eigenvalue weighted by atomic mass is 9.93. The molecule has 0 fully saturated rings. The fraction of sp³-hybridized carbons (Fsp3) is 0.778. The van der Waals surface area contributed by atoms with Crippen LogP contribution in [0.5, 0.6) is 0 Å². The maximum Gasteiger partial charge on any atom is 0.255 e. The molecule has 0 aromatic rings. The minimum atomic E-state index is -0.162. The molecule has 74 valence electrons. The molecule has 0 amide bonds. The number of amidine groups is 1. The van der Waals surface area contributed by atoms with Crippen LogP contribution in [0.3, 0.4) is 0 Å². The van der Waals surface area contributed by atoms with Gasteiger partial charge in [0, 0.05) is 0 Å². The molecule has 4 heteroatoms. The molecule has 1 heterocycles. The highest BCUT2D eigenvalue weighted by Crippen LogP contribution is 2.23. The molecule has 0 radical (unpaired) electrons. The lowest BCUT2D eigenvalue weighted by Gasteiger charge is -2.29. The van der Waals surface area contributed by atoms with Crippen LogP contribution in [-0.2, 0) is 12.6 Å². The summed E-state index contributed by atoms with van der Waals surface area (Å²) in [6.45, 7) is 6.31. The van der Waals surface area contributed by atoms with Crippen molar-refractivity contribution in [2.75, 3.05) is 27.2 Å². The van der Waals surface area contributed by atoms with Crippen LogP contribution in [0.25, 0.3) is 0 Å². The third-order valence-corrected chi connectivity index (χ3v) is 3.58. The predicted molar refractivity (Wildman–Crippen MR) is 62.4 cm³/mol. The molecule has 0 aromatic heterocycles. The van der Waals surface area contributed by atoms with E-state index in [0.717, 1.165) is 13.1 Å². The van der Waals surface area contributed by atoms with Crippen molar-refractivity contribution < 1.29 is 4.58 Å². The summed E-state index contributed by atoms with van der Waals surface area (Å²) in [7, 11) is 4.18. The van der Waals surface area contributed by atoms with Crippen molar-refractivity contribution in [2.24, 2.45) is 5.41 Å². The molecule has 0 bridgehead atoms. The van der Waals surface area contributed by atoms with Gasteiger partial charge >= 0.3 is 0 Å². The molecule has 0 atom stereocenters. The number of hydrogen-bond donors (Lipinski definition) is 0. The Morgan fingerprint density at radius 3 is 2.46 bits per heavy atom. The van der Waals surface area contributed by atoms with Crippen molar-refractivity contribution in [3.05, 3.63) is 0 Å². The van der Waals surface area contributed by atoms with E-state index in [-0.39, 0.29) is 5.41 Å². The van der Waals surface area contributed by atoms with Crippen LogP contribution >= 0.6 is 12.2 Å². The molecule has 2 nitrogen and oxygen atoms in total. The van der Waals surface area contributed by atoms with Crippen molar-refractivity contribution in [3.63, 3.8) is 0 Å². The lowest BCUT2D eigenvalue weighted by Crippen LogP contribution is -2.42. The Labute approximate surface area is 91.0 Å². The maximum absolute atomic E-state index is 5.11. The van der Waals surface area contributed by atoms with Crippen molar-refractivity contribution in [3.8, 4) is 0 Å². The molecule has 0 aromatic carbocycles. The van der Waals surface area contributed by atoms with Crippen LogP contribution in [0.4, 0.5) is 0 Å².